The van der Waals surface area contributed by atoms with E-state index in [-0.39, 0.29) is 12.3 Å². The van der Waals surface area contributed by atoms with E-state index in [4.69, 9.17) is 4.74 Å². The molecule has 0 saturated heterocycles. The minimum absolute atomic E-state index is 0.160. The third-order valence-electron chi connectivity index (χ3n) is 3.13. The summed E-state index contributed by atoms with van der Waals surface area (Å²) in [4.78, 5) is 16.2. The summed E-state index contributed by atoms with van der Waals surface area (Å²) in [5.74, 6) is -2.02. The molecule has 5 nitrogen and oxygen atoms in total. The summed E-state index contributed by atoms with van der Waals surface area (Å²) >= 11 is 0. The lowest BCUT2D eigenvalue weighted by Gasteiger charge is -2.08. The fraction of sp³-hybridized carbons (Fsp3) is 0.125. The van der Waals surface area contributed by atoms with Crippen LogP contribution < -0.4 is 10.1 Å². The van der Waals surface area contributed by atoms with Gasteiger partial charge < -0.3 is 14.5 Å². The second-order valence-corrected chi connectivity index (χ2v) is 4.95. The first-order valence-electron chi connectivity index (χ1n) is 6.85. The summed E-state index contributed by atoms with van der Waals surface area (Å²) in [5.41, 5.74) is 1.59. The molecule has 0 unspecified atom stereocenters. The van der Waals surface area contributed by atoms with Crippen molar-refractivity contribution in [2.45, 2.75) is 6.92 Å². The smallest absolute Gasteiger partial charge is 0.262 e. The summed E-state index contributed by atoms with van der Waals surface area (Å²) in [7, 11) is 0. The highest BCUT2D eigenvalue weighted by Crippen LogP contribution is 2.19. The van der Waals surface area contributed by atoms with Crippen LogP contribution in [-0.2, 0) is 4.79 Å². The molecule has 3 rings (SSSR count). The van der Waals surface area contributed by atoms with Crippen LogP contribution in [0.1, 0.15) is 5.69 Å². The highest BCUT2D eigenvalue weighted by atomic mass is 19.2. The lowest BCUT2D eigenvalue weighted by atomic mass is 10.3. The zero-order chi connectivity index (χ0) is 16.4. The van der Waals surface area contributed by atoms with Gasteiger partial charge in [-0.05, 0) is 31.2 Å². The molecule has 0 atom stereocenters. The summed E-state index contributed by atoms with van der Waals surface area (Å²) < 4.78 is 33.2. The molecule has 2 heterocycles. The maximum Gasteiger partial charge on any atom is 0.262 e. The van der Waals surface area contributed by atoms with Crippen LogP contribution in [-0.4, -0.2) is 21.9 Å². The lowest BCUT2D eigenvalue weighted by Crippen LogP contribution is -2.20. The van der Waals surface area contributed by atoms with E-state index in [1.807, 2.05) is 19.3 Å². The number of benzene rings is 1. The van der Waals surface area contributed by atoms with Crippen molar-refractivity contribution in [3.8, 4) is 5.75 Å². The zero-order valence-electron chi connectivity index (χ0n) is 12.2. The van der Waals surface area contributed by atoms with Gasteiger partial charge in [-0.3, -0.25) is 4.79 Å². The number of amides is 1. The molecule has 0 spiro atoms. The van der Waals surface area contributed by atoms with E-state index in [0.29, 0.717) is 11.4 Å². The standard InChI is InChI=1S/C16H13F2N3O2/c1-10-8-21-6-2-3-14(16(21)19-10)23-9-15(22)20-11-4-5-12(17)13(18)7-11/h2-8H,9H2,1H3,(H,20,22). The largest absolute Gasteiger partial charge is 0.480 e. The molecule has 23 heavy (non-hydrogen) atoms. The number of anilines is 1. The van der Waals surface area contributed by atoms with E-state index in [0.717, 1.165) is 17.8 Å². The normalized spacial score (nSPS) is 10.7. The van der Waals surface area contributed by atoms with Gasteiger partial charge in [0.15, 0.2) is 29.6 Å². The first-order valence-corrected chi connectivity index (χ1v) is 6.85. The average Bonchev–Trinajstić information content (AvgIpc) is 2.89. The van der Waals surface area contributed by atoms with Gasteiger partial charge in [0.05, 0.1) is 5.69 Å². The molecule has 0 bridgehead atoms. The van der Waals surface area contributed by atoms with Crippen molar-refractivity contribution in [3.05, 3.63) is 60.1 Å². The van der Waals surface area contributed by atoms with Crippen LogP contribution in [0.25, 0.3) is 5.65 Å². The van der Waals surface area contributed by atoms with Gasteiger partial charge in [0.25, 0.3) is 5.91 Å². The van der Waals surface area contributed by atoms with E-state index in [2.05, 4.69) is 10.3 Å². The van der Waals surface area contributed by atoms with Crippen molar-refractivity contribution in [3.63, 3.8) is 0 Å². The van der Waals surface area contributed by atoms with Crippen LogP contribution in [0.15, 0.2) is 42.7 Å². The highest BCUT2D eigenvalue weighted by molar-refractivity contribution is 5.91. The Morgan fingerprint density at radius 2 is 2.13 bits per heavy atom. The Kier molecular flexibility index (Phi) is 3.92. The first kappa shape index (κ1) is 15.0. The molecule has 0 aliphatic rings. The summed E-state index contributed by atoms with van der Waals surface area (Å²) in [6, 6.07) is 6.60. The maximum atomic E-state index is 13.1. The molecule has 2 aromatic heterocycles. The number of nitrogens with zero attached hydrogens (tertiary/aromatic N) is 2. The van der Waals surface area contributed by atoms with Gasteiger partial charge in [0.1, 0.15) is 0 Å². The van der Waals surface area contributed by atoms with Crippen LogP contribution in [0.2, 0.25) is 0 Å². The number of hydrogen-bond donors (Lipinski definition) is 1. The van der Waals surface area contributed by atoms with Crippen molar-refractivity contribution >= 4 is 17.2 Å². The van der Waals surface area contributed by atoms with Crippen LogP contribution in [0.3, 0.4) is 0 Å². The van der Waals surface area contributed by atoms with E-state index >= 15 is 0 Å². The number of halogens is 2. The second kappa shape index (κ2) is 6.04. The van der Waals surface area contributed by atoms with Gasteiger partial charge in [-0.2, -0.15) is 0 Å². The molecular weight excluding hydrogens is 304 g/mol. The Balaban J connectivity index is 1.67. The molecule has 7 heteroatoms. The lowest BCUT2D eigenvalue weighted by molar-refractivity contribution is -0.118. The number of pyridine rings is 1. The van der Waals surface area contributed by atoms with Gasteiger partial charge in [-0.25, -0.2) is 13.8 Å². The minimum Gasteiger partial charge on any atom is -0.480 e. The molecular formula is C16H13F2N3O2. The predicted octanol–water partition coefficient (Wildman–Crippen LogP) is 2.94. The van der Waals surface area contributed by atoms with E-state index in [1.54, 1.807) is 16.5 Å². The molecule has 0 radical (unpaired) electrons. The predicted molar refractivity (Wildman–Crippen MR) is 80.4 cm³/mol. The maximum absolute atomic E-state index is 13.1. The number of aromatic nitrogens is 2. The SMILES string of the molecule is Cc1cn2cccc(OCC(=O)Nc3ccc(F)c(F)c3)c2n1. The molecule has 0 aliphatic heterocycles. The molecule has 1 N–H and O–H groups in total. The van der Waals surface area contributed by atoms with Crippen molar-refractivity contribution in [1.82, 2.24) is 9.38 Å². The zero-order valence-corrected chi connectivity index (χ0v) is 12.2. The number of ether oxygens (including phenoxy) is 1. The fourth-order valence-electron chi connectivity index (χ4n) is 2.14. The number of carbonyl (C=O) groups excluding carboxylic acids is 1. The van der Waals surface area contributed by atoms with Gasteiger partial charge in [0.2, 0.25) is 0 Å². The Labute approximate surface area is 130 Å². The Morgan fingerprint density at radius 1 is 1.30 bits per heavy atom. The molecule has 118 valence electrons. The molecule has 0 fully saturated rings. The van der Waals surface area contributed by atoms with Crippen LogP contribution in [0.4, 0.5) is 14.5 Å². The molecule has 1 amide bonds. The third kappa shape index (κ3) is 3.28. The van der Waals surface area contributed by atoms with E-state index in [9.17, 15) is 13.6 Å². The third-order valence-corrected chi connectivity index (χ3v) is 3.13. The molecule has 0 aliphatic carbocycles. The number of fused-ring (bicyclic) bond motifs is 1. The topological polar surface area (TPSA) is 55.6 Å². The minimum atomic E-state index is -1.03. The van der Waals surface area contributed by atoms with Crippen molar-refractivity contribution < 1.29 is 18.3 Å². The number of carbonyl (C=O) groups is 1. The van der Waals surface area contributed by atoms with Crippen LogP contribution in [0, 0.1) is 18.6 Å². The Morgan fingerprint density at radius 3 is 2.91 bits per heavy atom. The van der Waals surface area contributed by atoms with Gasteiger partial charge in [0, 0.05) is 24.1 Å². The molecule has 1 aromatic carbocycles. The van der Waals surface area contributed by atoms with E-state index < -0.39 is 17.5 Å². The van der Waals surface area contributed by atoms with Crippen molar-refractivity contribution in [1.29, 1.82) is 0 Å². The first-order chi connectivity index (χ1) is 11.0. The van der Waals surface area contributed by atoms with Crippen LogP contribution >= 0.6 is 0 Å². The number of nitrogens with one attached hydrogen (secondary N) is 1. The number of aryl methyl sites for hydroxylation is 1. The Hall–Kier alpha value is -2.96. The Bertz CT molecular complexity index is 877. The van der Waals surface area contributed by atoms with Crippen molar-refractivity contribution in [2.24, 2.45) is 0 Å². The van der Waals surface area contributed by atoms with Gasteiger partial charge >= 0.3 is 0 Å². The summed E-state index contributed by atoms with van der Waals surface area (Å²) in [6.07, 6.45) is 3.66. The summed E-state index contributed by atoms with van der Waals surface area (Å²) in [6.45, 7) is 1.58. The quantitative estimate of drug-likeness (QED) is 0.805. The second-order valence-electron chi connectivity index (χ2n) is 4.95. The number of rotatable bonds is 4. The molecule has 0 saturated carbocycles. The van der Waals surface area contributed by atoms with Gasteiger partial charge in [-0.15, -0.1) is 0 Å². The monoisotopic (exact) mass is 317 g/mol. The fourth-order valence-corrected chi connectivity index (χ4v) is 2.14. The average molecular weight is 317 g/mol. The van der Waals surface area contributed by atoms with Crippen LogP contribution in [0.5, 0.6) is 5.75 Å². The highest BCUT2D eigenvalue weighted by Gasteiger charge is 2.10. The van der Waals surface area contributed by atoms with Crippen molar-refractivity contribution in [2.75, 3.05) is 11.9 Å². The summed E-state index contributed by atoms with van der Waals surface area (Å²) in [5, 5.41) is 2.44. The number of hydrogen-bond acceptors (Lipinski definition) is 3. The van der Waals surface area contributed by atoms with Gasteiger partial charge in [-0.1, -0.05) is 0 Å². The van der Waals surface area contributed by atoms with E-state index in [1.165, 1.54) is 6.07 Å². The molecule has 3 aromatic rings. The number of imidazole rings is 1.